The summed E-state index contributed by atoms with van der Waals surface area (Å²) in [7, 11) is 0. The van der Waals surface area contributed by atoms with Gasteiger partial charge in [-0.2, -0.15) is 0 Å². The van der Waals surface area contributed by atoms with Gasteiger partial charge in [0.05, 0.1) is 0 Å². The Kier molecular flexibility index (Phi) is 4.83. The second-order valence-corrected chi connectivity index (χ2v) is 3.87. The number of hydrogen-bond donors (Lipinski definition) is 2. The van der Waals surface area contributed by atoms with Gasteiger partial charge in [-0.3, -0.25) is 4.79 Å². The highest BCUT2D eigenvalue weighted by molar-refractivity contribution is 5.46. The fourth-order valence-electron chi connectivity index (χ4n) is 1.47. The molecule has 0 heterocycles. The van der Waals surface area contributed by atoms with Crippen LogP contribution in [0, 0.1) is 5.92 Å². The summed E-state index contributed by atoms with van der Waals surface area (Å²) >= 11 is 0. The Balaban J connectivity index is 2.01. The van der Waals surface area contributed by atoms with Crippen LogP contribution in [0.3, 0.4) is 0 Å². The molecule has 1 saturated carbocycles. The molecule has 2 N–H and O–H groups in total. The summed E-state index contributed by atoms with van der Waals surface area (Å²) < 4.78 is 0. The summed E-state index contributed by atoms with van der Waals surface area (Å²) in [6.45, 7) is 4.18. The maximum Gasteiger partial charge on any atom is 0.207 e. The Morgan fingerprint density at radius 2 is 2.31 bits per heavy atom. The highest BCUT2D eigenvalue weighted by atomic mass is 16.1. The lowest BCUT2D eigenvalue weighted by atomic mass is 10.1. The van der Waals surface area contributed by atoms with Crippen molar-refractivity contribution in [2.24, 2.45) is 5.92 Å². The van der Waals surface area contributed by atoms with Crippen LogP contribution in [0.15, 0.2) is 0 Å². The molecule has 0 saturated heterocycles. The van der Waals surface area contributed by atoms with Gasteiger partial charge in [-0.1, -0.05) is 13.3 Å². The Bertz CT molecular complexity index is 146. The fraction of sp³-hybridized carbons (Fsp3) is 0.900. The Hall–Kier alpha value is -0.570. The number of rotatable bonds is 8. The number of carbonyl (C=O) groups is 1. The lowest BCUT2D eigenvalue weighted by Gasteiger charge is -2.15. The van der Waals surface area contributed by atoms with Crippen LogP contribution in [-0.2, 0) is 4.79 Å². The molecule has 0 bridgehead atoms. The van der Waals surface area contributed by atoms with Gasteiger partial charge in [-0.05, 0) is 31.7 Å². The summed E-state index contributed by atoms with van der Waals surface area (Å²) in [4.78, 5) is 10.3. The highest BCUT2D eigenvalue weighted by Crippen LogP contribution is 2.27. The van der Waals surface area contributed by atoms with E-state index in [2.05, 4.69) is 17.6 Å². The van der Waals surface area contributed by atoms with Crippen LogP contribution in [0.1, 0.15) is 32.6 Å². The predicted octanol–water partition coefficient (Wildman–Crippen LogP) is 0.901. The smallest absolute Gasteiger partial charge is 0.207 e. The maximum absolute atomic E-state index is 10.3. The van der Waals surface area contributed by atoms with E-state index in [0.717, 1.165) is 38.3 Å². The van der Waals surface area contributed by atoms with Crippen LogP contribution < -0.4 is 10.6 Å². The summed E-state index contributed by atoms with van der Waals surface area (Å²) in [5, 5.41) is 6.23. The predicted molar refractivity (Wildman–Crippen MR) is 53.5 cm³/mol. The third kappa shape index (κ3) is 4.88. The molecule has 1 amide bonds. The molecule has 3 heteroatoms. The van der Waals surface area contributed by atoms with E-state index in [-0.39, 0.29) is 0 Å². The molecule has 13 heavy (non-hydrogen) atoms. The summed E-state index contributed by atoms with van der Waals surface area (Å²) in [5.41, 5.74) is 0. The molecule has 1 unspecified atom stereocenters. The van der Waals surface area contributed by atoms with E-state index >= 15 is 0 Å². The van der Waals surface area contributed by atoms with E-state index in [1.807, 2.05) is 0 Å². The molecule has 0 aromatic rings. The van der Waals surface area contributed by atoms with Gasteiger partial charge in [0.25, 0.3) is 0 Å². The minimum Gasteiger partial charge on any atom is -0.355 e. The van der Waals surface area contributed by atoms with Crippen molar-refractivity contribution in [2.45, 2.75) is 38.6 Å². The van der Waals surface area contributed by atoms with E-state index in [1.54, 1.807) is 0 Å². The van der Waals surface area contributed by atoms with E-state index in [4.69, 9.17) is 0 Å². The standard InChI is InChI=1S/C10H20N2O/c1-2-3-10(12-8-13)7-11-6-9-4-5-9/h8-11H,2-7H2,1H3,(H,12,13). The van der Waals surface area contributed by atoms with Crippen molar-refractivity contribution in [3.63, 3.8) is 0 Å². The van der Waals surface area contributed by atoms with Crippen LogP contribution >= 0.6 is 0 Å². The van der Waals surface area contributed by atoms with E-state index in [0.29, 0.717) is 6.04 Å². The van der Waals surface area contributed by atoms with Crippen LogP contribution in [0.5, 0.6) is 0 Å². The monoisotopic (exact) mass is 184 g/mol. The number of nitrogens with one attached hydrogen (secondary N) is 2. The summed E-state index contributed by atoms with van der Waals surface area (Å²) in [5.74, 6) is 0.915. The molecule has 0 aromatic heterocycles. The van der Waals surface area contributed by atoms with Gasteiger partial charge in [0.15, 0.2) is 0 Å². The van der Waals surface area contributed by atoms with Crippen molar-refractivity contribution in [3.05, 3.63) is 0 Å². The fourth-order valence-corrected chi connectivity index (χ4v) is 1.47. The van der Waals surface area contributed by atoms with Crippen molar-refractivity contribution >= 4 is 6.41 Å². The molecule has 0 aliphatic heterocycles. The van der Waals surface area contributed by atoms with Crippen LogP contribution in [0.25, 0.3) is 0 Å². The SMILES string of the molecule is CCCC(CNCC1CC1)NC=O. The molecule has 1 aliphatic rings. The van der Waals surface area contributed by atoms with E-state index < -0.39 is 0 Å². The van der Waals surface area contributed by atoms with E-state index in [1.165, 1.54) is 12.8 Å². The van der Waals surface area contributed by atoms with Gasteiger partial charge in [-0.15, -0.1) is 0 Å². The first-order valence-electron chi connectivity index (χ1n) is 5.27. The third-order valence-electron chi connectivity index (χ3n) is 2.46. The number of amides is 1. The topological polar surface area (TPSA) is 41.1 Å². The number of carbonyl (C=O) groups excluding carboxylic acids is 1. The Labute approximate surface area is 80.3 Å². The van der Waals surface area contributed by atoms with Gasteiger partial charge in [0, 0.05) is 12.6 Å². The molecular weight excluding hydrogens is 164 g/mol. The highest BCUT2D eigenvalue weighted by Gasteiger charge is 2.20. The second-order valence-electron chi connectivity index (χ2n) is 3.87. The largest absolute Gasteiger partial charge is 0.355 e. The van der Waals surface area contributed by atoms with Gasteiger partial charge in [0.2, 0.25) is 6.41 Å². The normalized spacial score (nSPS) is 18.2. The molecule has 1 atom stereocenters. The van der Waals surface area contributed by atoms with Gasteiger partial charge < -0.3 is 10.6 Å². The lowest BCUT2D eigenvalue weighted by Crippen LogP contribution is -2.38. The first-order chi connectivity index (χ1) is 6.36. The van der Waals surface area contributed by atoms with Gasteiger partial charge >= 0.3 is 0 Å². The first kappa shape index (κ1) is 10.5. The Morgan fingerprint density at radius 3 is 2.85 bits per heavy atom. The molecular formula is C10H20N2O. The molecule has 1 aliphatic carbocycles. The Morgan fingerprint density at radius 1 is 1.54 bits per heavy atom. The zero-order valence-electron chi connectivity index (χ0n) is 8.38. The van der Waals surface area contributed by atoms with Crippen molar-refractivity contribution < 1.29 is 4.79 Å². The molecule has 0 aromatic carbocycles. The van der Waals surface area contributed by atoms with Gasteiger partial charge in [-0.25, -0.2) is 0 Å². The average Bonchev–Trinajstić information content (AvgIpc) is 2.89. The van der Waals surface area contributed by atoms with Crippen molar-refractivity contribution in [3.8, 4) is 0 Å². The zero-order valence-corrected chi connectivity index (χ0v) is 8.38. The molecule has 76 valence electrons. The quantitative estimate of drug-likeness (QED) is 0.550. The molecule has 1 rings (SSSR count). The molecule has 3 nitrogen and oxygen atoms in total. The van der Waals surface area contributed by atoms with Crippen LogP contribution in [0.4, 0.5) is 0 Å². The summed E-state index contributed by atoms with van der Waals surface area (Å²) in [6, 6.07) is 0.321. The molecule has 1 fully saturated rings. The minimum atomic E-state index is 0.321. The molecule has 0 radical (unpaired) electrons. The van der Waals surface area contributed by atoms with Crippen molar-refractivity contribution in [1.29, 1.82) is 0 Å². The summed E-state index contributed by atoms with van der Waals surface area (Å²) in [6.07, 6.45) is 5.76. The minimum absolute atomic E-state index is 0.321. The van der Waals surface area contributed by atoms with Crippen LogP contribution in [0.2, 0.25) is 0 Å². The average molecular weight is 184 g/mol. The number of hydrogen-bond acceptors (Lipinski definition) is 2. The maximum atomic E-state index is 10.3. The van der Waals surface area contributed by atoms with E-state index in [9.17, 15) is 4.79 Å². The second kappa shape index (κ2) is 5.97. The van der Waals surface area contributed by atoms with Gasteiger partial charge in [0.1, 0.15) is 0 Å². The first-order valence-corrected chi connectivity index (χ1v) is 5.27. The lowest BCUT2D eigenvalue weighted by molar-refractivity contribution is -0.110. The van der Waals surface area contributed by atoms with Crippen molar-refractivity contribution in [2.75, 3.05) is 13.1 Å². The molecule has 0 spiro atoms. The zero-order chi connectivity index (χ0) is 9.52. The van der Waals surface area contributed by atoms with Crippen LogP contribution in [-0.4, -0.2) is 25.5 Å². The third-order valence-corrected chi connectivity index (χ3v) is 2.46. The van der Waals surface area contributed by atoms with Crippen molar-refractivity contribution in [1.82, 2.24) is 10.6 Å².